The number of carboxylic acid groups (broad SMARTS) is 2. The van der Waals surface area contributed by atoms with E-state index >= 15 is 0 Å². The van der Waals surface area contributed by atoms with Gasteiger partial charge in [0.05, 0.1) is 19.1 Å². The first-order valence-electron chi connectivity index (χ1n) is 8.95. The van der Waals surface area contributed by atoms with Crippen LogP contribution in [0, 0.1) is 0 Å². The zero-order chi connectivity index (χ0) is 22.6. The van der Waals surface area contributed by atoms with Gasteiger partial charge in [-0.25, -0.2) is 4.79 Å². The number of hydrogen-bond acceptors (Lipinski definition) is 8. The molecule has 13 heteroatoms. The van der Waals surface area contributed by atoms with Gasteiger partial charge in [-0.3, -0.25) is 19.2 Å². The summed E-state index contributed by atoms with van der Waals surface area (Å²) in [6.07, 6.45) is -0.803. The molecule has 0 saturated carbocycles. The first-order chi connectivity index (χ1) is 13.5. The van der Waals surface area contributed by atoms with E-state index in [9.17, 15) is 29.1 Å². The molecule has 0 bridgehead atoms. The molecule has 0 aromatic heterocycles. The maximum absolute atomic E-state index is 12.1. The summed E-state index contributed by atoms with van der Waals surface area (Å²) in [5.41, 5.74) is 10.8. The molecule has 0 radical (unpaired) electrons. The van der Waals surface area contributed by atoms with Crippen molar-refractivity contribution in [3.8, 4) is 0 Å². The third kappa shape index (κ3) is 11.0. The standard InChI is InChI=1S/C16H29N5O8/c1-8(22)13(18)15(27)21-10(6-12(24)25)14(26)19-7-11(23)20-9(16(28)29)4-2-3-5-17/h8-10,13,22H,2-7,17-18H2,1H3,(H,19,26)(H,20,23)(H,21,27)(H,24,25)(H,28,29). The van der Waals surface area contributed by atoms with Crippen molar-refractivity contribution in [2.24, 2.45) is 11.5 Å². The van der Waals surface area contributed by atoms with E-state index < -0.39 is 66.9 Å². The van der Waals surface area contributed by atoms with Gasteiger partial charge < -0.3 is 42.7 Å². The molecule has 10 N–H and O–H groups in total. The SMILES string of the molecule is CC(O)C(N)C(=O)NC(CC(=O)O)C(=O)NCC(=O)NC(CCCCN)C(=O)O. The fraction of sp³-hybridized carbons (Fsp3) is 0.688. The van der Waals surface area contributed by atoms with E-state index in [0.717, 1.165) is 0 Å². The van der Waals surface area contributed by atoms with Crippen LogP contribution < -0.4 is 27.4 Å². The van der Waals surface area contributed by atoms with Gasteiger partial charge in [-0.2, -0.15) is 0 Å². The normalized spacial score (nSPS) is 14.8. The number of hydrogen-bond donors (Lipinski definition) is 8. The lowest BCUT2D eigenvalue weighted by molar-refractivity contribution is -0.142. The second kappa shape index (κ2) is 13.4. The highest BCUT2D eigenvalue weighted by Crippen LogP contribution is 2.01. The van der Waals surface area contributed by atoms with Crippen LogP contribution in [-0.2, 0) is 24.0 Å². The van der Waals surface area contributed by atoms with E-state index in [0.29, 0.717) is 19.4 Å². The molecule has 0 aromatic carbocycles. The van der Waals surface area contributed by atoms with Crippen molar-refractivity contribution in [2.75, 3.05) is 13.1 Å². The average molecular weight is 419 g/mol. The molecular formula is C16H29N5O8. The molecule has 0 aliphatic rings. The van der Waals surface area contributed by atoms with Gasteiger partial charge in [0.1, 0.15) is 18.1 Å². The minimum Gasteiger partial charge on any atom is -0.481 e. The number of nitrogens with two attached hydrogens (primary N) is 2. The summed E-state index contributed by atoms with van der Waals surface area (Å²) in [6.45, 7) is 0.993. The van der Waals surface area contributed by atoms with Crippen LogP contribution in [0.3, 0.4) is 0 Å². The minimum atomic E-state index is -1.54. The van der Waals surface area contributed by atoms with E-state index in [4.69, 9.17) is 21.7 Å². The minimum absolute atomic E-state index is 0.154. The second-order valence-electron chi connectivity index (χ2n) is 6.39. The van der Waals surface area contributed by atoms with Crippen molar-refractivity contribution in [3.63, 3.8) is 0 Å². The van der Waals surface area contributed by atoms with Crippen LogP contribution in [0.5, 0.6) is 0 Å². The molecular weight excluding hydrogens is 390 g/mol. The zero-order valence-electron chi connectivity index (χ0n) is 16.1. The van der Waals surface area contributed by atoms with E-state index in [1.807, 2.05) is 0 Å². The van der Waals surface area contributed by atoms with Gasteiger partial charge in [0, 0.05) is 0 Å². The summed E-state index contributed by atoms with van der Waals surface area (Å²) < 4.78 is 0. The number of carboxylic acids is 2. The van der Waals surface area contributed by atoms with E-state index in [-0.39, 0.29) is 6.42 Å². The number of aliphatic hydroxyl groups excluding tert-OH is 1. The first-order valence-corrected chi connectivity index (χ1v) is 8.95. The van der Waals surface area contributed by atoms with Gasteiger partial charge in [-0.1, -0.05) is 0 Å². The fourth-order valence-corrected chi connectivity index (χ4v) is 2.16. The van der Waals surface area contributed by atoms with Gasteiger partial charge in [-0.05, 0) is 32.7 Å². The van der Waals surface area contributed by atoms with Crippen LogP contribution in [0.4, 0.5) is 0 Å². The predicted molar refractivity (Wildman–Crippen MR) is 99.3 cm³/mol. The van der Waals surface area contributed by atoms with Gasteiger partial charge >= 0.3 is 11.9 Å². The molecule has 0 rings (SSSR count). The van der Waals surface area contributed by atoms with Gasteiger partial charge in [0.2, 0.25) is 17.7 Å². The molecule has 0 saturated heterocycles. The van der Waals surface area contributed by atoms with Crippen LogP contribution in [0.2, 0.25) is 0 Å². The Balaban J connectivity index is 4.79. The molecule has 13 nitrogen and oxygen atoms in total. The predicted octanol–water partition coefficient (Wildman–Crippen LogP) is -3.53. The number of aliphatic hydroxyl groups is 1. The summed E-state index contributed by atoms with van der Waals surface area (Å²) >= 11 is 0. The molecule has 4 unspecified atom stereocenters. The van der Waals surface area contributed by atoms with Crippen molar-refractivity contribution in [2.45, 2.75) is 56.8 Å². The van der Waals surface area contributed by atoms with Crippen molar-refractivity contribution in [1.29, 1.82) is 0 Å². The first kappa shape index (κ1) is 26.2. The Hall–Kier alpha value is -2.77. The zero-order valence-corrected chi connectivity index (χ0v) is 16.1. The summed E-state index contributed by atoms with van der Waals surface area (Å²) in [7, 11) is 0. The highest BCUT2D eigenvalue weighted by atomic mass is 16.4. The van der Waals surface area contributed by atoms with E-state index in [2.05, 4.69) is 16.0 Å². The molecule has 0 heterocycles. The summed E-state index contributed by atoms with van der Waals surface area (Å²) in [6, 6.07) is -4.09. The van der Waals surface area contributed by atoms with Gasteiger partial charge in [-0.15, -0.1) is 0 Å². The summed E-state index contributed by atoms with van der Waals surface area (Å²) in [5, 5.41) is 33.7. The molecule has 0 fully saturated rings. The topological polar surface area (TPSA) is 234 Å². The Morgan fingerprint density at radius 2 is 1.59 bits per heavy atom. The smallest absolute Gasteiger partial charge is 0.326 e. The molecule has 4 atom stereocenters. The Morgan fingerprint density at radius 3 is 2.07 bits per heavy atom. The van der Waals surface area contributed by atoms with Crippen molar-refractivity contribution < 1.29 is 39.3 Å². The lowest BCUT2D eigenvalue weighted by Gasteiger charge is -2.21. The number of amides is 3. The number of aliphatic carboxylic acids is 2. The lowest BCUT2D eigenvalue weighted by atomic mass is 10.1. The van der Waals surface area contributed by atoms with E-state index in [1.54, 1.807) is 0 Å². The number of nitrogens with one attached hydrogen (secondary N) is 3. The maximum Gasteiger partial charge on any atom is 0.326 e. The number of unbranched alkanes of at least 4 members (excludes halogenated alkanes) is 1. The van der Waals surface area contributed by atoms with Crippen LogP contribution in [0.1, 0.15) is 32.6 Å². The molecule has 3 amide bonds. The fourth-order valence-electron chi connectivity index (χ4n) is 2.16. The van der Waals surface area contributed by atoms with Crippen LogP contribution in [0.15, 0.2) is 0 Å². The third-order valence-electron chi connectivity index (χ3n) is 3.84. The molecule has 0 aromatic rings. The van der Waals surface area contributed by atoms with E-state index in [1.165, 1.54) is 6.92 Å². The largest absolute Gasteiger partial charge is 0.481 e. The second-order valence-corrected chi connectivity index (χ2v) is 6.39. The van der Waals surface area contributed by atoms with Crippen LogP contribution in [0.25, 0.3) is 0 Å². The highest BCUT2D eigenvalue weighted by molar-refractivity contribution is 5.94. The van der Waals surface area contributed by atoms with Crippen LogP contribution >= 0.6 is 0 Å². The van der Waals surface area contributed by atoms with Crippen LogP contribution in [-0.4, -0.2) is 82.3 Å². The Morgan fingerprint density at radius 1 is 0.966 bits per heavy atom. The van der Waals surface area contributed by atoms with Gasteiger partial charge in [0.15, 0.2) is 0 Å². The summed E-state index contributed by atoms with van der Waals surface area (Å²) in [5.74, 6) is -5.38. The number of carbonyl (C=O) groups excluding carboxylic acids is 3. The highest BCUT2D eigenvalue weighted by Gasteiger charge is 2.28. The maximum atomic E-state index is 12.1. The monoisotopic (exact) mass is 419 g/mol. The Labute approximate surface area is 167 Å². The van der Waals surface area contributed by atoms with Gasteiger partial charge in [0.25, 0.3) is 0 Å². The molecule has 0 aliphatic heterocycles. The third-order valence-corrected chi connectivity index (χ3v) is 3.84. The van der Waals surface area contributed by atoms with Crippen molar-refractivity contribution in [3.05, 3.63) is 0 Å². The number of rotatable bonds is 14. The Kier molecular flexibility index (Phi) is 12.1. The molecule has 29 heavy (non-hydrogen) atoms. The quantitative estimate of drug-likeness (QED) is 0.129. The number of carbonyl (C=O) groups is 5. The van der Waals surface area contributed by atoms with Crippen molar-refractivity contribution >= 4 is 29.7 Å². The molecule has 0 aliphatic carbocycles. The Bertz CT molecular complexity index is 598. The molecule has 166 valence electrons. The lowest BCUT2D eigenvalue weighted by Crippen LogP contribution is -2.56. The average Bonchev–Trinajstić information content (AvgIpc) is 2.63. The molecule has 0 spiro atoms. The summed E-state index contributed by atoms with van der Waals surface area (Å²) in [4.78, 5) is 57.9. The van der Waals surface area contributed by atoms with Crippen molar-refractivity contribution in [1.82, 2.24) is 16.0 Å².